The highest BCUT2D eigenvalue weighted by Crippen LogP contribution is 2.39. The molecule has 1 amide bonds. The van der Waals surface area contributed by atoms with Gasteiger partial charge in [-0.1, -0.05) is 23.9 Å². The molecule has 1 heterocycles. The predicted molar refractivity (Wildman–Crippen MR) is 91.4 cm³/mol. The number of primary sulfonamides is 1. The van der Waals surface area contributed by atoms with Crippen molar-refractivity contribution in [3.63, 3.8) is 0 Å². The zero-order chi connectivity index (χ0) is 18.0. The highest BCUT2D eigenvalue weighted by atomic mass is 32.2. The van der Waals surface area contributed by atoms with Gasteiger partial charge >= 0.3 is 0 Å². The van der Waals surface area contributed by atoms with Crippen molar-refractivity contribution in [1.82, 2.24) is 15.5 Å². The molecule has 3 rings (SSSR count). The molecule has 3 N–H and O–H groups in total. The van der Waals surface area contributed by atoms with Gasteiger partial charge in [0.1, 0.15) is 0 Å². The molecule has 1 atom stereocenters. The number of carbonyl (C=O) groups is 1. The maximum atomic E-state index is 12.0. The molecular formula is C15H18N4O4S2. The van der Waals surface area contributed by atoms with Crippen LogP contribution in [0.25, 0.3) is 0 Å². The van der Waals surface area contributed by atoms with E-state index in [1.54, 1.807) is 12.1 Å². The van der Waals surface area contributed by atoms with Crippen LogP contribution in [0.5, 0.6) is 0 Å². The van der Waals surface area contributed by atoms with E-state index in [0.29, 0.717) is 17.0 Å². The Morgan fingerprint density at radius 1 is 1.36 bits per heavy atom. The van der Waals surface area contributed by atoms with Crippen LogP contribution in [-0.2, 0) is 14.8 Å². The minimum atomic E-state index is -3.72. The van der Waals surface area contributed by atoms with Gasteiger partial charge in [-0.3, -0.25) is 4.79 Å². The Balaban J connectivity index is 1.51. The van der Waals surface area contributed by atoms with Crippen molar-refractivity contribution in [2.24, 2.45) is 5.14 Å². The molecule has 1 aliphatic rings. The molecule has 1 saturated carbocycles. The second-order valence-electron chi connectivity index (χ2n) is 5.87. The van der Waals surface area contributed by atoms with Crippen LogP contribution in [-0.4, -0.2) is 30.3 Å². The third kappa shape index (κ3) is 4.80. The number of nitrogens with two attached hydrogens (primary N) is 1. The average Bonchev–Trinajstić information content (AvgIpc) is 3.31. The van der Waals surface area contributed by atoms with E-state index in [4.69, 9.17) is 9.56 Å². The third-order valence-electron chi connectivity index (χ3n) is 3.76. The number of hydrogen-bond acceptors (Lipinski definition) is 7. The van der Waals surface area contributed by atoms with Crippen molar-refractivity contribution >= 4 is 27.7 Å². The SMILES string of the molecule is C[C@@H](NC(=O)CSc1nnc(C2CC2)o1)c1ccc(S(N)(=O)=O)cc1. The first-order chi connectivity index (χ1) is 11.8. The molecule has 0 spiro atoms. The van der Waals surface area contributed by atoms with Crippen LogP contribution < -0.4 is 10.5 Å². The van der Waals surface area contributed by atoms with Gasteiger partial charge < -0.3 is 9.73 Å². The second kappa shape index (κ2) is 7.14. The Morgan fingerprint density at radius 2 is 2.04 bits per heavy atom. The lowest BCUT2D eigenvalue weighted by molar-refractivity contribution is -0.119. The topological polar surface area (TPSA) is 128 Å². The fourth-order valence-electron chi connectivity index (χ4n) is 2.21. The number of nitrogens with one attached hydrogen (secondary N) is 1. The van der Waals surface area contributed by atoms with Crippen LogP contribution in [0.15, 0.2) is 38.8 Å². The number of carbonyl (C=O) groups excluding carboxylic acids is 1. The van der Waals surface area contributed by atoms with Crippen molar-refractivity contribution < 1.29 is 17.6 Å². The lowest BCUT2D eigenvalue weighted by atomic mass is 10.1. The molecule has 0 bridgehead atoms. The largest absolute Gasteiger partial charge is 0.416 e. The van der Waals surface area contributed by atoms with Gasteiger partial charge in [0.15, 0.2) is 0 Å². The fraction of sp³-hybridized carbons (Fsp3) is 0.400. The first-order valence-corrected chi connectivity index (χ1v) is 10.2. The van der Waals surface area contributed by atoms with Crippen molar-refractivity contribution in [3.8, 4) is 0 Å². The van der Waals surface area contributed by atoms with Crippen molar-refractivity contribution in [1.29, 1.82) is 0 Å². The summed E-state index contributed by atoms with van der Waals surface area (Å²) in [4.78, 5) is 12.1. The van der Waals surface area contributed by atoms with Gasteiger partial charge in [-0.25, -0.2) is 13.6 Å². The van der Waals surface area contributed by atoms with E-state index in [9.17, 15) is 13.2 Å². The molecule has 1 aliphatic carbocycles. The number of thioether (sulfide) groups is 1. The molecule has 10 heteroatoms. The first-order valence-electron chi connectivity index (χ1n) is 7.71. The van der Waals surface area contributed by atoms with Gasteiger partial charge in [0.05, 0.1) is 16.7 Å². The van der Waals surface area contributed by atoms with Gasteiger partial charge in [0, 0.05) is 5.92 Å². The average molecular weight is 382 g/mol. The molecule has 0 radical (unpaired) electrons. The number of amides is 1. The molecular weight excluding hydrogens is 364 g/mol. The highest BCUT2D eigenvalue weighted by molar-refractivity contribution is 7.99. The van der Waals surface area contributed by atoms with Crippen molar-refractivity contribution in [3.05, 3.63) is 35.7 Å². The number of aromatic nitrogens is 2. The summed E-state index contributed by atoms with van der Waals surface area (Å²) in [5, 5.41) is 16.2. The lowest BCUT2D eigenvalue weighted by Gasteiger charge is -2.14. The van der Waals surface area contributed by atoms with Crippen LogP contribution in [0.3, 0.4) is 0 Å². The number of sulfonamides is 1. The fourth-order valence-corrected chi connectivity index (χ4v) is 3.31. The molecule has 0 saturated heterocycles. The monoisotopic (exact) mass is 382 g/mol. The molecule has 1 aromatic heterocycles. The normalized spacial score (nSPS) is 15.8. The van der Waals surface area contributed by atoms with E-state index in [2.05, 4.69) is 15.5 Å². The molecule has 0 unspecified atom stereocenters. The summed E-state index contributed by atoms with van der Waals surface area (Å²) in [6.07, 6.45) is 2.16. The highest BCUT2D eigenvalue weighted by Gasteiger charge is 2.29. The minimum absolute atomic E-state index is 0.0354. The molecule has 2 aromatic rings. The Hall–Kier alpha value is -1.91. The Morgan fingerprint density at radius 3 is 2.64 bits per heavy atom. The molecule has 0 aliphatic heterocycles. The third-order valence-corrected chi connectivity index (χ3v) is 5.51. The number of nitrogens with zero attached hydrogens (tertiary/aromatic N) is 2. The lowest BCUT2D eigenvalue weighted by Crippen LogP contribution is -2.28. The maximum Gasteiger partial charge on any atom is 0.277 e. The van der Waals surface area contributed by atoms with Gasteiger partial charge in [0.2, 0.25) is 21.8 Å². The summed E-state index contributed by atoms with van der Waals surface area (Å²) in [6.45, 7) is 1.81. The van der Waals surface area contributed by atoms with Gasteiger partial charge in [-0.05, 0) is 37.5 Å². The Bertz CT molecular complexity index is 860. The summed E-state index contributed by atoms with van der Waals surface area (Å²) in [5.74, 6) is 1.01. The maximum absolute atomic E-state index is 12.0. The molecule has 8 nitrogen and oxygen atoms in total. The van der Waals surface area contributed by atoms with E-state index >= 15 is 0 Å². The smallest absolute Gasteiger partial charge is 0.277 e. The zero-order valence-electron chi connectivity index (χ0n) is 13.5. The van der Waals surface area contributed by atoms with E-state index in [-0.39, 0.29) is 22.6 Å². The van der Waals surface area contributed by atoms with Crippen LogP contribution in [0, 0.1) is 0 Å². The van der Waals surface area contributed by atoms with E-state index < -0.39 is 10.0 Å². The summed E-state index contributed by atoms with van der Waals surface area (Å²) < 4.78 is 28.0. The summed E-state index contributed by atoms with van der Waals surface area (Å²) in [7, 11) is -3.72. The molecule has 25 heavy (non-hydrogen) atoms. The van der Waals surface area contributed by atoms with E-state index in [1.165, 1.54) is 23.9 Å². The molecule has 1 aromatic carbocycles. The van der Waals surface area contributed by atoms with Crippen LogP contribution in [0.4, 0.5) is 0 Å². The first kappa shape index (κ1) is 17.9. The standard InChI is InChI=1S/C15H18N4O4S2/c1-9(10-4-6-12(7-5-10)25(16,21)22)17-13(20)8-24-15-19-18-14(23-15)11-2-3-11/h4-7,9,11H,2-3,8H2,1H3,(H,17,20)(H2,16,21,22)/t9-/m1/s1. The molecule has 1 fully saturated rings. The second-order valence-corrected chi connectivity index (χ2v) is 8.36. The minimum Gasteiger partial charge on any atom is -0.416 e. The number of hydrogen-bond donors (Lipinski definition) is 2. The molecule has 134 valence electrons. The van der Waals surface area contributed by atoms with Gasteiger partial charge in [-0.2, -0.15) is 0 Å². The van der Waals surface area contributed by atoms with Gasteiger partial charge in [0.25, 0.3) is 5.22 Å². The predicted octanol–water partition coefficient (Wildman–Crippen LogP) is 1.56. The Kier molecular flexibility index (Phi) is 5.11. The van der Waals surface area contributed by atoms with Crippen molar-refractivity contribution in [2.75, 3.05) is 5.75 Å². The zero-order valence-corrected chi connectivity index (χ0v) is 15.1. The van der Waals surface area contributed by atoms with Crippen LogP contribution in [0.1, 0.15) is 43.2 Å². The Labute approximate surface area is 149 Å². The van der Waals surface area contributed by atoms with Crippen molar-refractivity contribution in [2.45, 2.75) is 41.8 Å². The van der Waals surface area contributed by atoms with Gasteiger partial charge in [-0.15, -0.1) is 10.2 Å². The van der Waals surface area contributed by atoms with E-state index in [0.717, 1.165) is 18.4 Å². The number of benzene rings is 1. The van der Waals surface area contributed by atoms with Crippen LogP contribution in [0.2, 0.25) is 0 Å². The summed E-state index contributed by atoms with van der Waals surface area (Å²) >= 11 is 1.19. The number of rotatable bonds is 7. The summed E-state index contributed by atoms with van der Waals surface area (Å²) in [5.41, 5.74) is 0.777. The van der Waals surface area contributed by atoms with Crippen LogP contribution >= 0.6 is 11.8 Å². The van der Waals surface area contributed by atoms with E-state index in [1.807, 2.05) is 6.92 Å². The summed E-state index contributed by atoms with van der Waals surface area (Å²) in [6, 6.07) is 5.81. The quantitative estimate of drug-likeness (QED) is 0.695.